The molecule has 0 saturated heterocycles. The van der Waals surface area contributed by atoms with E-state index in [-0.39, 0.29) is 11.9 Å². The van der Waals surface area contributed by atoms with Crippen LogP contribution in [0.4, 0.5) is 5.69 Å². The average molecular weight is 244 g/mol. The minimum absolute atomic E-state index is 0.0714. The van der Waals surface area contributed by atoms with Gasteiger partial charge in [0.1, 0.15) is 0 Å². The van der Waals surface area contributed by atoms with Crippen molar-refractivity contribution in [3.63, 3.8) is 0 Å². The maximum absolute atomic E-state index is 12.1. The molecule has 0 bridgehead atoms. The van der Waals surface area contributed by atoms with Gasteiger partial charge in [0.05, 0.1) is 6.04 Å². The van der Waals surface area contributed by atoms with E-state index in [4.69, 9.17) is 0 Å². The van der Waals surface area contributed by atoms with Crippen molar-refractivity contribution in [3.8, 4) is 0 Å². The van der Waals surface area contributed by atoms with Crippen molar-refractivity contribution < 1.29 is 4.79 Å². The quantitative estimate of drug-likeness (QED) is 0.811. The Kier molecular flexibility index (Phi) is 3.82. The van der Waals surface area contributed by atoms with Crippen molar-refractivity contribution in [2.24, 2.45) is 0 Å². The molecule has 0 saturated carbocycles. The molecular weight excluding hydrogens is 224 g/mol. The highest BCUT2D eigenvalue weighted by Gasteiger charge is 2.25. The summed E-state index contributed by atoms with van der Waals surface area (Å²) in [4.78, 5) is 14.2. The molecule has 0 unspecified atom stereocenters. The normalized spacial score (nSPS) is 19.7. The summed E-state index contributed by atoms with van der Waals surface area (Å²) in [5, 5.41) is 2.99. The SMILES string of the molecule is CC(C)=CCN1Cc2ccccc2NC(=O)[C@@H]1C. The van der Waals surface area contributed by atoms with Gasteiger partial charge in [-0.05, 0) is 32.4 Å². The Morgan fingerprint density at radius 2 is 2.17 bits per heavy atom. The monoisotopic (exact) mass is 244 g/mol. The number of para-hydroxylation sites is 1. The zero-order valence-electron chi connectivity index (χ0n) is 11.2. The third-order valence-corrected chi connectivity index (χ3v) is 3.31. The van der Waals surface area contributed by atoms with Crippen LogP contribution >= 0.6 is 0 Å². The van der Waals surface area contributed by atoms with E-state index in [0.717, 1.165) is 18.8 Å². The molecule has 1 aromatic rings. The van der Waals surface area contributed by atoms with Crippen LogP contribution in [0.2, 0.25) is 0 Å². The van der Waals surface area contributed by atoms with Crippen molar-refractivity contribution in [2.75, 3.05) is 11.9 Å². The van der Waals surface area contributed by atoms with Gasteiger partial charge in [0.25, 0.3) is 0 Å². The molecule has 1 aliphatic rings. The lowest BCUT2D eigenvalue weighted by molar-refractivity contribution is -0.120. The lowest BCUT2D eigenvalue weighted by Gasteiger charge is -2.24. The number of allylic oxidation sites excluding steroid dienone is 1. The number of rotatable bonds is 2. The van der Waals surface area contributed by atoms with Crippen LogP contribution in [0.15, 0.2) is 35.9 Å². The van der Waals surface area contributed by atoms with Crippen molar-refractivity contribution in [3.05, 3.63) is 41.5 Å². The van der Waals surface area contributed by atoms with E-state index < -0.39 is 0 Å². The molecule has 0 spiro atoms. The predicted molar refractivity (Wildman–Crippen MR) is 74.4 cm³/mol. The Bertz CT molecular complexity index is 475. The van der Waals surface area contributed by atoms with E-state index in [1.165, 1.54) is 11.1 Å². The van der Waals surface area contributed by atoms with Gasteiger partial charge in [0.15, 0.2) is 0 Å². The molecule has 1 amide bonds. The van der Waals surface area contributed by atoms with Crippen molar-refractivity contribution in [1.29, 1.82) is 0 Å². The van der Waals surface area contributed by atoms with Gasteiger partial charge in [0.2, 0.25) is 5.91 Å². The number of benzene rings is 1. The fourth-order valence-corrected chi connectivity index (χ4v) is 2.06. The lowest BCUT2D eigenvalue weighted by atomic mass is 10.1. The second-order valence-corrected chi connectivity index (χ2v) is 5.03. The molecule has 96 valence electrons. The number of nitrogens with one attached hydrogen (secondary N) is 1. The number of hydrogen-bond acceptors (Lipinski definition) is 2. The molecule has 0 fully saturated rings. The minimum Gasteiger partial charge on any atom is -0.324 e. The number of anilines is 1. The molecule has 1 aromatic carbocycles. The maximum Gasteiger partial charge on any atom is 0.241 e. The third-order valence-electron chi connectivity index (χ3n) is 3.31. The zero-order valence-corrected chi connectivity index (χ0v) is 11.2. The van der Waals surface area contributed by atoms with E-state index in [1.54, 1.807) is 0 Å². The number of nitrogens with zero attached hydrogens (tertiary/aromatic N) is 1. The first-order valence-corrected chi connectivity index (χ1v) is 6.34. The van der Waals surface area contributed by atoms with Crippen molar-refractivity contribution in [1.82, 2.24) is 4.90 Å². The summed E-state index contributed by atoms with van der Waals surface area (Å²) in [5.41, 5.74) is 3.39. The molecule has 2 rings (SSSR count). The van der Waals surface area contributed by atoms with Gasteiger partial charge in [-0.15, -0.1) is 0 Å². The zero-order chi connectivity index (χ0) is 13.1. The van der Waals surface area contributed by atoms with Crippen LogP contribution in [0.1, 0.15) is 26.3 Å². The molecule has 3 heteroatoms. The molecule has 0 radical (unpaired) electrons. The molecule has 18 heavy (non-hydrogen) atoms. The third kappa shape index (κ3) is 2.79. The lowest BCUT2D eigenvalue weighted by Crippen LogP contribution is -2.39. The van der Waals surface area contributed by atoms with Crippen LogP contribution in [0, 0.1) is 0 Å². The fraction of sp³-hybridized carbons (Fsp3) is 0.400. The van der Waals surface area contributed by atoms with Gasteiger partial charge in [-0.2, -0.15) is 0 Å². The molecule has 1 heterocycles. The summed E-state index contributed by atoms with van der Waals surface area (Å²) in [6, 6.07) is 7.90. The average Bonchev–Trinajstić information content (AvgIpc) is 2.45. The Balaban J connectivity index is 2.26. The smallest absolute Gasteiger partial charge is 0.241 e. The fourth-order valence-electron chi connectivity index (χ4n) is 2.06. The van der Waals surface area contributed by atoms with Crippen molar-refractivity contribution >= 4 is 11.6 Å². The number of carbonyl (C=O) groups is 1. The first-order valence-electron chi connectivity index (χ1n) is 6.34. The highest BCUT2D eigenvalue weighted by molar-refractivity contribution is 5.95. The standard InChI is InChI=1S/C15H20N2O/c1-11(2)8-9-17-10-13-6-4-5-7-14(13)16-15(18)12(17)3/h4-8,12H,9-10H2,1-3H3,(H,16,18)/t12-/m0/s1. The van der Waals surface area contributed by atoms with Crippen LogP contribution in [-0.2, 0) is 11.3 Å². The van der Waals surface area contributed by atoms with E-state index >= 15 is 0 Å². The van der Waals surface area contributed by atoms with Crippen LogP contribution in [0.3, 0.4) is 0 Å². The Hall–Kier alpha value is -1.61. The topological polar surface area (TPSA) is 32.3 Å². The predicted octanol–water partition coefficient (Wildman–Crippen LogP) is 2.80. The molecule has 1 aliphatic heterocycles. The highest BCUT2D eigenvalue weighted by atomic mass is 16.2. The van der Waals surface area contributed by atoms with Gasteiger partial charge in [-0.3, -0.25) is 9.69 Å². The first kappa shape index (κ1) is 12.8. The summed E-state index contributed by atoms with van der Waals surface area (Å²) in [7, 11) is 0. The number of amides is 1. The largest absolute Gasteiger partial charge is 0.324 e. The Morgan fingerprint density at radius 1 is 1.44 bits per heavy atom. The van der Waals surface area contributed by atoms with Gasteiger partial charge < -0.3 is 5.32 Å². The second kappa shape index (κ2) is 5.36. The van der Waals surface area contributed by atoms with Crippen LogP contribution < -0.4 is 5.32 Å². The number of hydrogen-bond donors (Lipinski definition) is 1. The van der Waals surface area contributed by atoms with E-state index in [9.17, 15) is 4.79 Å². The number of fused-ring (bicyclic) bond motifs is 1. The summed E-state index contributed by atoms with van der Waals surface area (Å²) in [5.74, 6) is 0.0714. The van der Waals surface area contributed by atoms with E-state index in [2.05, 4.69) is 36.2 Å². The van der Waals surface area contributed by atoms with Gasteiger partial charge in [-0.25, -0.2) is 0 Å². The molecule has 3 nitrogen and oxygen atoms in total. The first-order chi connectivity index (χ1) is 8.58. The summed E-state index contributed by atoms with van der Waals surface area (Å²) in [6.07, 6.45) is 2.16. The van der Waals surface area contributed by atoms with Gasteiger partial charge >= 0.3 is 0 Å². The van der Waals surface area contributed by atoms with E-state index in [0.29, 0.717) is 0 Å². The summed E-state index contributed by atoms with van der Waals surface area (Å²) < 4.78 is 0. The molecule has 1 N–H and O–H groups in total. The summed E-state index contributed by atoms with van der Waals surface area (Å²) >= 11 is 0. The van der Waals surface area contributed by atoms with Crippen molar-refractivity contribution in [2.45, 2.75) is 33.4 Å². The second-order valence-electron chi connectivity index (χ2n) is 5.03. The molecule has 0 aromatic heterocycles. The van der Waals surface area contributed by atoms with Gasteiger partial charge in [-0.1, -0.05) is 29.8 Å². The van der Waals surface area contributed by atoms with E-state index in [1.807, 2.05) is 25.1 Å². The maximum atomic E-state index is 12.1. The van der Waals surface area contributed by atoms with Crippen LogP contribution in [0.5, 0.6) is 0 Å². The molecular formula is C15H20N2O. The summed E-state index contributed by atoms with van der Waals surface area (Å²) in [6.45, 7) is 7.73. The highest BCUT2D eigenvalue weighted by Crippen LogP contribution is 2.22. The molecule has 1 atom stereocenters. The Labute approximate surface area is 108 Å². The molecule has 0 aliphatic carbocycles. The van der Waals surface area contributed by atoms with Crippen LogP contribution in [0.25, 0.3) is 0 Å². The number of carbonyl (C=O) groups excluding carboxylic acids is 1. The minimum atomic E-state index is -0.104. The van der Waals surface area contributed by atoms with Gasteiger partial charge in [0, 0.05) is 18.8 Å². The van der Waals surface area contributed by atoms with Crippen LogP contribution in [-0.4, -0.2) is 23.4 Å². The Morgan fingerprint density at radius 3 is 2.89 bits per heavy atom.